The summed E-state index contributed by atoms with van der Waals surface area (Å²) < 4.78 is 5.56. The van der Waals surface area contributed by atoms with Crippen LogP contribution in [0.5, 0.6) is 0 Å². The van der Waals surface area contributed by atoms with Gasteiger partial charge in [0.05, 0.1) is 12.3 Å². The number of ether oxygens (including phenoxy) is 1. The van der Waals surface area contributed by atoms with Gasteiger partial charge in [-0.25, -0.2) is 4.79 Å². The number of carbonyl (C=O) groups is 3. The lowest BCUT2D eigenvalue weighted by molar-refractivity contribution is -0.139. The minimum Gasteiger partial charge on any atom is -0.481 e. The highest BCUT2D eigenvalue weighted by atomic mass is 16.5. The summed E-state index contributed by atoms with van der Waals surface area (Å²) >= 11 is 0. The van der Waals surface area contributed by atoms with Crippen LogP contribution in [0.4, 0.5) is 4.79 Å². The van der Waals surface area contributed by atoms with E-state index in [0.29, 0.717) is 6.42 Å². The maximum Gasteiger partial charge on any atom is 0.407 e. The molecule has 0 saturated carbocycles. The smallest absolute Gasteiger partial charge is 0.407 e. The Labute approximate surface area is 200 Å². The fourth-order valence-electron chi connectivity index (χ4n) is 4.47. The van der Waals surface area contributed by atoms with Crippen molar-refractivity contribution < 1.29 is 24.2 Å². The Morgan fingerprint density at radius 1 is 1.00 bits per heavy atom. The highest BCUT2D eigenvalue weighted by Crippen LogP contribution is 2.44. The van der Waals surface area contributed by atoms with E-state index in [1.807, 2.05) is 31.2 Å². The molecule has 7 heteroatoms. The molecule has 0 aliphatic heterocycles. The molecule has 3 N–H and O–H groups in total. The zero-order valence-electron chi connectivity index (χ0n) is 20.1. The molecule has 0 heterocycles. The van der Waals surface area contributed by atoms with Crippen LogP contribution >= 0.6 is 0 Å². The minimum absolute atomic E-state index is 0.0237. The number of aliphatic carboxylic acids is 1. The van der Waals surface area contributed by atoms with Crippen molar-refractivity contribution in [1.82, 2.24) is 10.6 Å². The van der Waals surface area contributed by atoms with Gasteiger partial charge in [0.15, 0.2) is 0 Å². The second-order valence-corrected chi connectivity index (χ2v) is 9.64. The molecule has 0 bridgehead atoms. The highest BCUT2D eigenvalue weighted by molar-refractivity contribution is 5.80. The molecule has 0 radical (unpaired) electrons. The van der Waals surface area contributed by atoms with E-state index in [4.69, 9.17) is 9.84 Å². The summed E-state index contributed by atoms with van der Waals surface area (Å²) in [6.07, 6.45) is 0.795. The van der Waals surface area contributed by atoms with Gasteiger partial charge in [-0.1, -0.05) is 75.7 Å². The number of carboxylic acid groups (broad SMARTS) is 1. The molecule has 2 aromatic carbocycles. The lowest BCUT2D eigenvalue weighted by Crippen LogP contribution is -2.42. The van der Waals surface area contributed by atoms with Crippen LogP contribution in [0.1, 0.15) is 57.1 Å². The van der Waals surface area contributed by atoms with Crippen LogP contribution in [0, 0.1) is 11.3 Å². The van der Waals surface area contributed by atoms with E-state index in [1.165, 1.54) is 0 Å². The van der Waals surface area contributed by atoms with Crippen molar-refractivity contribution in [3.8, 4) is 11.1 Å². The number of carbonyl (C=O) groups excluding carboxylic acids is 2. The van der Waals surface area contributed by atoms with Gasteiger partial charge in [-0.2, -0.15) is 0 Å². The van der Waals surface area contributed by atoms with Crippen LogP contribution in [0.3, 0.4) is 0 Å². The van der Waals surface area contributed by atoms with Crippen molar-refractivity contribution in [3.63, 3.8) is 0 Å². The van der Waals surface area contributed by atoms with E-state index in [2.05, 4.69) is 34.9 Å². The number of fused-ring (bicyclic) bond motifs is 3. The zero-order chi connectivity index (χ0) is 24.7. The third-order valence-corrected chi connectivity index (χ3v) is 6.22. The highest BCUT2D eigenvalue weighted by Gasteiger charge is 2.29. The second kappa shape index (κ2) is 11.2. The maximum absolute atomic E-state index is 12.7. The van der Waals surface area contributed by atoms with E-state index in [-0.39, 0.29) is 37.9 Å². The Kier molecular flexibility index (Phi) is 8.31. The molecule has 1 aliphatic rings. The van der Waals surface area contributed by atoms with Crippen LogP contribution in [0.15, 0.2) is 48.5 Å². The second-order valence-electron chi connectivity index (χ2n) is 9.64. The van der Waals surface area contributed by atoms with Gasteiger partial charge >= 0.3 is 12.1 Å². The number of benzene rings is 2. The van der Waals surface area contributed by atoms with E-state index in [1.54, 1.807) is 13.8 Å². The molecule has 3 rings (SSSR count). The predicted molar refractivity (Wildman–Crippen MR) is 131 cm³/mol. The van der Waals surface area contributed by atoms with Crippen LogP contribution < -0.4 is 10.6 Å². The first-order valence-corrected chi connectivity index (χ1v) is 11.8. The standard InChI is InChI=1S/C27H34N2O5/c1-4-9-18(25(32)29-17-27(2,3)14-24(30)31)15-28-26(33)34-16-23-21-12-7-5-10-19(21)20-11-6-8-13-22(20)23/h5-8,10-13,18,23H,4,9,14-17H2,1-3H3,(H,28,33)(H,29,32)(H,30,31). The van der Waals surface area contributed by atoms with Crippen LogP contribution in [-0.4, -0.2) is 42.8 Å². The minimum atomic E-state index is -0.902. The summed E-state index contributed by atoms with van der Waals surface area (Å²) in [5, 5.41) is 14.6. The molecular formula is C27H34N2O5. The van der Waals surface area contributed by atoms with E-state index in [0.717, 1.165) is 28.7 Å². The number of hydrogen-bond acceptors (Lipinski definition) is 4. The normalized spacial score (nSPS) is 13.5. The van der Waals surface area contributed by atoms with Gasteiger partial charge in [-0.05, 0) is 34.1 Å². The molecule has 0 aromatic heterocycles. The van der Waals surface area contributed by atoms with E-state index in [9.17, 15) is 14.4 Å². The summed E-state index contributed by atoms with van der Waals surface area (Å²) in [5.74, 6) is -1.53. The number of alkyl carbamates (subject to hydrolysis) is 1. The molecule has 2 amide bonds. The number of hydrogen-bond donors (Lipinski definition) is 3. The Bertz CT molecular complexity index is 988. The fraction of sp³-hybridized carbons (Fsp3) is 0.444. The molecule has 0 fully saturated rings. The molecular weight excluding hydrogens is 432 g/mol. The van der Waals surface area contributed by atoms with E-state index < -0.39 is 23.4 Å². The van der Waals surface area contributed by atoms with Crippen molar-refractivity contribution in [2.24, 2.45) is 11.3 Å². The number of amides is 2. The quantitative estimate of drug-likeness (QED) is 0.450. The third kappa shape index (κ3) is 6.37. The summed E-state index contributed by atoms with van der Waals surface area (Å²) in [4.78, 5) is 36.1. The molecule has 182 valence electrons. The van der Waals surface area contributed by atoms with Crippen LogP contribution in [-0.2, 0) is 14.3 Å². The molecule has 1 aliphatic carbocycles. The predicted octanol–water partition coefficient (Wildman–Crippen LogP) is 4.56. The molecule has 2 aromatic rings. The van der Waals surface area contributed by atoms with Crippen molar-refractivity contribution in [1.29, 1.82) is 0 Å². The molecule has 0 spiro atoms. The molecule has 34 heavy (non-hydrogen) atoms. The maximum atomic E-state index is 12.7. The number of carboxylic acids is 1. The largest absolute Gasteiger partial charge is 0.481 e. The van der Waals surface area contributed by atoms with E-state index >= 15 is 0 Å². The Morgan fingerprint density at radius 3 is 2.15 bits per heavy atom. The Balaban J connectivity index is 1.53. The van der Waals surface area contributed by atoms with Gasteiger partial charge in [-0.15, -0.1) is 0 Å². The van der Waals surface area contributed by atoms with Crippen molar-refractivity contribution in [3.05, 3.63) is 59.7 Å². The van der Waals surface area contributed by atoms with Gasteiger partial charge in [0.25, 0.3) is 0 Å². The van der Waals surface area contributed by atoms with Crippen LogP contribution in [0.25, 0.3) is 11.1 Å². The van der Waals surface area contributed by atoms with Gasteiger partial charge < -0.3 is 20.5 Å². The fourth-order valence-corrected chi connectivity index (χ4v) is 4.47. The number of rotatable bonds is 11. The molecule has 1 unspecified atom stereocenters. The van der Waals surface area contributed by atoms with Crippen molar-refractivity contribution >= 4 is 18.0 Å². The molecule has 1 atom stereocenters. The van der Waals surface area contributed by atoms with Gasteiger partial charge in [0.1, 0.15) is 6.61 Å². The summed E-state index contributed by atoms with van der Waals surface area (Å²) in [7, 11) is 0. The van der Waals surface area contributed by atoms with Crippen molar-refractivity contribution in [2.45, 2.75) is 46.0 Å². The molecule has 0 saturated heterocycles. The lowest BCUT2D eigenvalue weighted by Gasteiger charge is -2.25. The van der Waals surface area contributed by atoms with Crippen LogP contribution in [0.2, 0.25) is 0 Å². The van der Waals surface area contributed by atoms with Crippen molar-refractivity contribution in [2.75, 3.05) is 19.7 Å². The average Bonchev–Trinajstić information content (AvgIpc) is 3.12. The topological polar surface area (TPSA) is 105 Å². The third-order valence-electron chi connectivity index (χ3n) is 6.22. The van der Waals surface area contributed by atoms with Gasteiger partial charge in [0.2, 0.25) is 5.91 Å². The summed E-state index contributed by atoms with van der Waals surface area (Å²) in [6.45, 7) is 6.20. The van der Waals surface area contributed by atoms with Gasteiger partial charge in [-0.3, -0.25) is 9.59 Å². The zero-order valence-corrected chi connectivity index (χ0v) is 20.1. The SMILES string of the molecule is CCCC(CNC(=O)OCC1c2ccccc2-c2ccccc21)C(=O)NCC(C)(C)CC(=O)O. The summed E-state index contributed by atoms with van der Waals surface area (Å²) in [6, 6.07) is 16.3. The monoisotopic (exact) mass is 466 g/mol. The Morgan fingerprint density at radius 2 is 1.59 bits per heavy atom. The van der Waals surface area contributed by atoms with Gasteiger partial charge in [0, 0.05) is 19.0 Å². The molecule has 7 nitrogen and oxygen atoms in total. The first-order chi connectivity index (χ1) is 16.2. The number of nitrogens with one attached hydrogen (secondary N) is 2. The lowest BCUT2D eigenvalue weighted by atomic mass is 9.89. The first kappa shape index (κ1) is 25.3. The first-order valence-electron chi connectivity index (χ1n) is 11.8. The summed E-state index contributed by atoms with van der Waals surface area (Å²) in [5.41, 5.74) is 4.06. The Hall–Kier alpha value is -3.35. The average molecular weight is 467 g/mol.